The minimum atomic E-state index is 0.488. The minimum absolute atomic E-state index is 0.488. The van der Waals surface area contributed by atoms with Gasteiger partial charge in [0.15, 0.2) is 0 Å². The first-order valence-corrected chi connectivity index (χ1v) is 8.41. The number of nitriles is 1. The van der Waals surface area contributed by atoms with E-state index in [1.165, 1.54) is 11.3 Å². The van der Waals surface area contributed by atoms with Crippen LogP contribution in [0, 0.1) is 11.3 Å². The third-order valence-corrected chi connectivity index (χ3v) is 5.32. The van der Waals surface area contributed by atoms with Gasteiger partial charge in [-0.25, -0.2) is 4.98 Å². The predicted molar refractivity (Wildman–Crippen MR) is 93.1 cm³/mol. The Kier molecular flexibility index (Phi) is 3.26. The van der Waals surface area contributed by atoms with Gasteiger partial charge in [-0.3, -0.25) is 9.97 Å². The fourth-order valence-electron chi connectivity index (χ4n) is 2.39. The molecule has 0 aromatic carbocycles. The number of hydrogen-bond donors (Lipinski definition) is 1. The Labute approximate surface area is 139 Å². The molecule has 0 radical (unpaired) electrons. The number of fused-ring (bicyclic) bond motifs is 1. The van der Waals surface area contributed by atoms with Crippen LogP contribution < -0.4 is 5.73 Å². The van der Waals surface area contributed by atoms with Crippen LogP contribution in [0.2, 0.25) is 0 Å². The second-order valence-corrected chi connectivity index (χ2v) is 6.71. The van der Waals surface area contributed by atoms with Crippen LogP contribution in [0.5, 0.6) is 0 Å². The summed E-state index contributed by atoms with van der Waals surface area (Å²) in [5, 5.41) is 12.1. The van der Waals surface area contributed by atoms with Crippen molar-refractivity contribution in [2.45, 2.75) is 0 Å². The number of nitrogens with two attached hydrogens (primary N) is 1. The van der Waals surface area contributed by atoms with E-state index in [1.807, 2.05) is 23.6 Å². The molecule has 4 aromatic rings. The van der Waals surface area contributed by atoms with Crippen molar-refractivity contribution in [3.63, 3.8) is 0 Å². The van der Waals surface area contributed by atoms with Crippen LogP contribution in [0.25, 0.3) is 32.0 Å². The highest BCUT2D eigenvalue weighted by Crippen LogP contribution is 2.41. The Morgan fingerprint density at radius 2 is 2.13 bits per heavy atom. The third kappa shape index (κ3) is 2.25. The first-order chi connectivity index (χ1) is 11.3. The van der Waals surface area contributed by atoms with E-state index in [2.05, 4.69) is 21.0 Å². The summed E-state index contributed by atoms with van der Waals surface area (Å²) >= 11 is 2.93. The number of anilines is 1. The maximum Gasteiger partial charge on any atom is 0.130 e. The third-order valence-electron chi connectivity index (χ3n) is 3.41. The second-order valence-electron chi connectivity index (χ2n) is 4.76. The Morgan fingerprint density at radius 1 is 1.22 bits per heavy atom. The van der Waals surface area contributed by atoms with Crippen LogP contribution in [0.3, 0.4) is 0 Å². The molecule has 0 fully saturated rings. The van der Waals surface area contributed by atoms with Gasteiger partial charge in [-0.2, -0.15) is 5.26 Å². The van der Waals surface area contributed by atoms with E-state index in [0.717, 1.165) is 26.4 Å². The average molecular weight is 335 g/mol. The van der Waals surface area contributed by atoms with Gasteiger partial charge in [0, 0.05) is 28.2 Å². The van der Waals surface area contributed by atoms with Gasteiger partial charge in [0.2, 0.25) is 0 Å². The zero-order valence-corrected chi connectivity index (χ0v) is 13.4. The molecule has 4 rings (SSSR count). The van der Waals surface area contributed by atoms with E-state index < -0.39 is 0 Å². The first-order valence-electron chi connectivity index (χ1n) is 6.71. The number of hydrogen-bond acceptors (Lipinski definition) is 7. The van der Waals surface area contributed by atoms with E-state index >= 15 is 0 Å². The molecule has 0 amide bonds. The van der Waals surface area contributed by atoms with Crippen molar-refractivity contribution in [1.29, 1.82) is 5.26 Å². The van der Waals surface area contributed by atoms with Crippen molar-refractivity contribution in [3.8, 4) is 27.9 Å². The van der Waals surface area contributed by atoms with Gasteiger partial charge in [0.1, 0.15) is 21.5 Å². The Hall–Kier alpha value is -2.82. The highest BCUT2D eigenvalue weighted by atomic mass is 32.1. The van der Waals surface area contributed by atoms with Crippen molar-refractivity contribution in [1.82, 2.24) is 15.0 Å². The largest absolute Gasteiger partial charge is 0.396 e. The Balaban J connectivity index is 2.08. The lowest BCUT2D eigenvalue weighted by atomic mass is 10.1. The smallest absolute Gasteiger partial charge is 0.130 e. The van der Waals surface area contributed by atoms with Gasteiger partial charge in [-0.15, -0.1) is 22.7 Å². The van der Waals surface area contributed by atoms with Gasteiger partial charge in [-0.05, 0) is 17.5 Å². The summed E-state index contributed by atoms with van der Waals surface area (Å²) in [6.07, 6.45) is 4.93. The topological polar surface area (TPSA) is 88.5 Å². The fourth-order valence-corrected chi connectivity index (χ4v) is 4.06. The molecule has 0 atom stereocenters. The second kappa shape index (κ2) is 5.43. The zero-order valence-electron chi connectivity index (χ0n) is 11.7. The summed E-state index contributed by atoms with van der Waals surface area (Å²) in [4.78, 5) is 15.4. The van der Waals surface area contributed by atoms with Crippen molar-refractivity contribution >= 4 is 38.6 Å². The van der Waals surface area contributed by atoms with Crippen molar-refractivity contribution in [2.75, 3.05) is 5.73 Å². The van der Waals surface area contributed by atoms with Gasteiger partial charge in [-0.1, -0.05) is 6.07 Å². The molecule has 110 valence electrons. The summed E-state index contributed by atoms with van der Waals surface area (Å²) < 4.78 is 0. The van der Waals surface area contributed by atoms with Crippen molar-refractivity contribution < 1.29 is 0 Å². The molecule has 5 nitrogen and oxygen atoms in total. The highest BCUT2D eigenvalue weighted by molar-refractivity contribution is 7.20. The maximum atomic E-state index is 9.26. The van der Waals surface area contributed by atoms with E-state index in [4.69, 9.17) is 5.73 Å². The van der Waals surface area contributed by atoms with Crippen LogP contribution in [-0.4, -0.2) is 15.0 Å². The van der Waals surface area contributed by atoms with E-state index in [1.54, 1.807) is 29.9 Å². The molecule has 23 heavy (non-hydrogen) atoms. The SMILES string of the molecule is N#Cc1sc2nc(-c3cnccn3)cc(-c3cccs3)c2c1N. The van der Waals surface area contributed by atoms with E-state index in [9.17, 15) is 5.26 Å². The summed E-state index contributed by atoms with van der Waals surface area (Å²) in [5.74, 6) is 0. The number of pyridine rings is 1. The quantitative estimate of drug-likeness (QED) is 0.599. The standard InChI is InChI=1S/C16H9N5S2/c17-7-13-15(18)14-9(12-2-1-5-22-12)6-10(21-16(14)23-13)11-8-19-3-4-20-11/h1-6,8H,18H2. The van der Waals surface area contributed by atoms with E-state index in [0.29, 0.717) is 16.3 Å². The molecule has 2 N–H and O–H groups in total. The van der Waals surface area contributed by atoms with Crippen molar-refractivity contribution in [2.24, 2.45) is 0 Å². The monoisotopic (exact) mass is 335 g/mol. The van der Waals surface area contributed by atoms with Gasteiger partial charge in [0.05, 0.1) is 17.6 Å². The highest BCUT2D eigenvalue weighted by Gasteiger charge is 2.18. The van der Waals surface area contributed by atoms with Crippen LogP contribution >= 0.6 is 22.7 Å². The molecule has 0 spiro atoms. The molecule has 4 aromatic heterocycles. The molecule has 0 saturated heterocycles. The molecule has 0 bridgehead atoms. The Bertz CT molecular complexity index is 1030. The van der Waals surface area contributed by atoms with Gasteiger partial charge >= 0.3 is 0 Å². The van der Waals surface area contributed by atoms with E-state index in [-0.39, 0.29) is 0 Å². The number of rotatable bonds is 2. The minimum Gasteiger partial charge on any atom is -0.396 e. The molecule has 0 aliphatic heterocycles. The summed E-state index contributed by atoms with van der Waals surface area (Å²) in [7, 11) is 0. The zero-order chi connectivity index (χ0) is 15.8. The predicted octanol–water partition coefficient (Wildman–Crippen LogP) is 3.94. The lowest BCUT2D eigenvalue weighted by molar-refractivity contribution is 1.19. The lowest BCUT2D eigenvalue weighted by Crippen LogP contribution is -1.92. The van der Waals surface area contributed by atoms with Gasteiger partial charge in [0.25, 0.3) is 0 Å². The van der Waals surface area contributed by atoms with Crippen LogP contribution in [-0.2, 0) is 0 Å². The number of nitrogens with zero attached hydrogens (tertiary/aromatic N) is 4. The first kappa shape index (κ1) is 13.8. The molecule has 0 saturated carbocycles. The van der Waals surface area contributed by atoms with Gasteiger partial charge < -0.3 is 5.73 Å². The average Bonchev–Trinajstić information content (AvgIpc) is 3.23. The fraction of sp³-hybridized carbons (Fsp3) is 0. The molecule has 0 aliphatic carbocycles. The normalized spacial score (nSPS) is 10.7. The molecular weight excluding hydrogens is 326 g/mol. The number of thiophene rings is 2. The Morgan fingerprint density at radius 3 is 2.83 bits per heavy atom. The lowest BCUT2D eigenvalue weighted by Gasteiger charge is -2.06. The molecule has 7 heteroatoms. The van der Waals surface area contributed by atoms with Crippen LogP contribution in [0.15, 0.2) is 42.2 Å². The molecule has 0 aliphatic rings. The molecular formula is C16H9N5S2. The number of aromatic nitrogens is 3. The summed E-state index contributed by atoms with van der Waals surface area (Å²) in [6, 6.07) is 8.13. The number of nitrogen functional groups attached to an aromatic ring is 1. The summed E-state index contributed by atoms with van der Waals surface area (Å²) in [6.45, 7) is 0. The maximum absolute atomic E-state index is 9.26. The molecule has 4 heterocycles. The summed E-state index contributed by atoms with van der Waals surface area (Å²) in [5.41, 5.74) is 9.05. The molecule has 0 unspecified atom stereocenters. The van der Waals surface area contributed by atoms with Crippen LogP contribution in [0.4, 0.5) is 5.69 Å². The van der Waals surface area contributed by atoms with Crippen molar-refractivity contribution in [3.05, 3.63) is 47.0 Å². The van der Waals surface area contributed by atoms with Crippen LogP contribution in [0.1, 0.15) is 4.88 Å².